The minimum absolute atomic E-state index is 0. The van der Waals surface area contributed by atoms with Crippen molar-refractivity contribution in [2.45, 2.75) is 27.2 Å². The lowest BCUT2D eigenvalue weighted by atomic mass is 10.3. The van der Waals surface area contributed by atoms with E-state index in [1.54, 1.807) is 23.5 Å². The predicted molar refractivity (Wildman–Crippen MR) is 120 cm³/mol. The Balaban J connectivity index is 0.00000364. The number of hydrogen-bond acceptors (Lipinski definition) is 4. The van der Waals surface area contributed by atoms with Crippen molar-refractivity contribution >= 4 is 52.9 Å². The van der Waals surface area contributed by atoms with Gasteiger partial charge < -0.3 is 16.0 Å². The lowest BCUT2D eigenvalue weighted by Gasteiger charge is -2.10. The molecule has 1 heterocycles. The third-order valence-corrected chi connectivity index (χ3v) is 4.67. The van der Waals surface area contributed by atoms with Crippen molar-refractivity contribution in [2.75, 3.05) is 25.0 Å². The van der Waals surface area contributed by atoms with Crippen LogP contribution in [0.3, 0.4) is 0 Å². The standard InChI is InChI=1S/C18H24FN5OS.HI/c1-4-20-18(21-9-8-17-23-12(2)13(3)26-17)22-11-16(25)24-15-7-5-6-14(19)10-15;/h5-7,10H,4,8-9,11H2,1-3H3,(H,24,25)(H2,20,21,22);1H. The molecule has 0 unspecified atom stereocenters. The first-order valence-corrected chi connectivity index (χ1v) is 9.30. The Bertz CT molecular complexity index is 761. The SMILES string of the molecule is CCNC(=NCC(=O)Nc1cccc(F)c1)NCCc1nc(C)c(C)s1.I. The quantitative estimate of drug-likeness (QED) is 0.307. The summed E-state index contributed by atoms with van der Waals surface area (Å²) in [6, 6.07) is 5.77. The van der Waals surface area contributed by atoms with Gasteiger partial charge in [-0.25, -0.2) is 14.4 Å². The number of benzene rings is 1. The zero-order chi connectivity index (χ0) is 18.9. The van der Waals surface area contributed by atoms with Gasteiger partial charge in [0.05, 0.1) is 10.7 Å². The highest BCUT2D eigenvalue weighted by atomic mass is 127. The Morgan fingerprint density at radius 1 is 1.30 bits per heavy atom. The Hall–Kier alpha value is -1.75. The number of amides is 1. The van der Waals surface area contributed by atoms with Crippen LogP contribution in [-0.4, -0.2) is 36.5 Å². The topological polar surface area (TPSA) is 78.4 Å². The summed E-state index contributed by atoms with van der Waals surface area (Å²) in [4.78, 5) is 22.0. The number of carbonyl (C=O) groups is 1. The summed E-state index contributed by atoms with van der Waals surface area (Å²) in [5.41, 5.74) is 1.48. The van der Waals surface area contributed by atoms with E-state index in [0.29, 0.717) is 24.7 Å². The number of halogens is 2. The molecule has 0 radical (unpaired) electrons. The summed E-state index contributed by atoms with van der Waals surface area (Å²) in [5.74, 6) is -0.139. The summed E-state index contributed by atoms with van der Waals surface area (Å²) >= 11 is 1.69. The zero-order valence-corrected chi connectivity index (χ0v) is 18.8. The van der Waals surface area contributed by atoms with E-state index in [1.165, 1.54) is 17.0 Å². The van der Waals surface area contributed by atoms with Gasteiger partial charge in [-0.1, -0.05) is 6.07 Å². The molecule has 2 aromatic rings. The van der Waals surface area contributed by atoms with Crippen LogP contribution >= 0.6 is 35.3 Å². The number of guanidine groups is 1. The van der Waals surface area contributed by atoms with Gasteiger partial charge in [-0.2, -0.15) is 0 Å². The van der Waals surface area contributed by atoms with Crippen molar-refractivity contribution in [1.82, 2.24) is 15.6 Å². The molecule has 0 aliphatic carbocycles. The van der Waals surface area contributed by atoms with Gasteiger partial charge in [0.2, 0.25) is 5.91 Å². The average Bonchev–Trinajstić information content (AvgIpc) is 2.90. The van der Waals surface area contributed by atoms with Gasteiger partial charge in [-0.15, -0.1) is 35.3 Å². The van der Waals surface area contributed by atoms with Crippen LogP contribution < -0.4 is 16.0 Å². The van der Waals surface area contributed by atoms with Crippen molar-refractivity contribution in [3.63, 3.8) is 0 Å². The normalized spacial score (nSPS) is 10.9. The Morgan fingerprint density at radius 2 is 2.07 bits per heavy atom. The fraction of sp³-hybridized carbons (Fsp3) is 0.389. The second-order valence-electron chi connectivity index (χ2n) is 5.68. The molecule has 2 rings (SSSR count). The van der Waals surface area contributed by atoms with Gasteiger partial charge in [-0.05, 0) is 39.0 Å². The van der Waals surface area contributed by atoms with Crippen LogP contribution in [0.5, 0.6) is 0 Å². The average molecular weight is 505 g/mol. The largest absolute Gasteiger partial charge is 0.357 e. The zero-order valence-electron chi connectivity index (χ0n) is 15.6. The molecule has 0 bridgehead atoms. The molecule has 0 spiro atoms. The molecule has 148 valence electrons. The molecular weight excluding hydrogens is 480 g/mol. The molecule has 1 aromatic carbocycles. The van der Waals surface area contributed by atoms with Gasteiger partial charge in [0.1, 0.15) is 12.4 Å². The van der Waals surface area contributed by atoms with E-state index in [1.807, 2.05) is 13.8 Å². The number of rotatable bonds is 7. The number of thiazole rings is 1. The Kier molecular flexibility index (Phi) is 10.2. The molecule has 0 atom stereocenters. The van der Waals surface area contributed by atoms with Gasteiger partial charge >= 0.3 is 0 Å². The van der Waals surface area contributed by atoms with Crippen molar-refractivity contribution in [1.29, 1.82) is 0 Å². The Morgan fingerprint density at radius 3 is 2.70 bits per heavy atom. The van der Waals surface area contributed by atoms with Crippen LogP contribution in [0.1, 0.15) is 22.5 Å². The van der Waals surface area contributed by atoms with Crippen LogP contribution in [0, 0.1) is 19.7 Å². The molecule has 0 aliphatic heterocycles. The minimum Gasteiger partial charge on any atom is -0.357 e. The number of hydrogen-bond donors (Lipinski definition) is 3. The van der Waals surface area contributed by atoms with E-state index in [0.717, 1.165) is 17.1 Å². The maximum Gasteiger partial charge on any atom is 0.246 e. The molecule has 0 fully saturated rings. The van der Waals surface area contributed by atoms with Crippen LogP contribution in [0.15, 0.2) is 29.3 Å². The minimum atomic E-state index is -0.394. The number of nitrogens with zero attached hydrogens (tertiary/aromatic N) is 2. The predicted octanol–water partition coefficient (Wildman–Crippen LogP) is 3.25. The van der Waals surface area contributed by atoms with Crippen LogP contribution in [0.4, 0.5) is 10.1 Å². The van der Waals surface area contributed by atoms with Crippen molar-refractivity contribution in [3.8, 4) is 0 Å². The lowest BCUT2D eigenvalue weighted by Crippen LogP contribution is -2.39. The van der Waals surface area contributed by atoms with E-state index in [4.69, 9.17) is 0 Å². The second-order valence-corrected chi connectivity index (χ2v) is 6.97. The van der Waals surface area contributed by atoms with Gasteiger partial charge in [0.15, 0.2) is 5.96 Å². The third kappa shape index (κ3) is 8.21. The highest BCUT2D eigenvalue weighted by Crippen LogP contribution is 2.16. The highest BCUT2D eigenvalue weighted by Gasteiger charge is 2.06. The van der Waals surface area contributed by atoms with Crippen molar-refractivity contribution < 1.29 is 9.18 Å². The number of aryl methyl sites for hydroxylation is 2. The number of aliphatic imine (C=N–C) groups is 1. The molecule has 27 heavy (non-hydrogen) atoms. The lowest BCUT2D eigenvalue weighted by molar-refractivity contribution is -0.114. The van der Waals surface area contributed by atoms with Crippen molar-refractivity contribution in [2.24, 2.45) is 4.99 Å². The molecule has 9 heteroatoms. The maximum atomic E-state index is 13.1. The molecule has 1 aromatic heterocycles. The fourth-order valence-corrected chi connectivity index (χ4v) is 3.13. The molecule has 0 saturated carbocycles. The smallest absolute Gasteiger partial charge is 0.246 e. The van der Waals surface area contributed by atoms with Crippen LogP contribution in [0.25, 0.3) is 0 Å². The van der Waals surface area contributed by atoms with Gasteiger partial charge in [-0.3, -0.25) is 4.79 Å². The molecular formula is C18H25FIN5OS. The fourth-order valence-electron chi connectivity index (χ4n) is 2.19. The molecule has 0 aliphatic rings. The summed E-state index contributed by atoms with van der Waals surface area (Å²) in [7, 11) is 0. The molecule has 3 N–H and O–H groups in total. The highest BCUT2D eigenvalue weighted by molar-refractivity contribution is 14.0. The van der Waals surface area contributed by atoms with E-state index >= 15 is 0 Å². The summed E-state index contributed by atoms with van der Waals surface area (Å²) in [6.45, 7) is 7.33. The van der Waals surface area contributed by atoms with E-state index in [-0.39, 0.29) is 36.4 Å². The van der Waals surface area contributed by atoms with Crippen LogP contribution in [-0.2, 0) is 11.2 Å². The van der Waals surface area contributed by atoms with E-state index in [9.17, 15) is 9.18 Å². The number of carbonyl (C=O) groups excluding carboxylic acids is 1. The summed E-state index contributed by atoms with van der Waals surface area (Å²) in [5, 5.41) is 9.98. The monoisotopic (exact) mass is 505 g/mol. The van der Waals surface area contributed by atoms with Gasteiger partial charge in [0.25, 0.3) is 0 Å². The summed E-state index contributed by atoms with van der Waals surface area (Å²) in [6.07, 6.45) is 0.791. The van der Waals surface area contributed by atoms with Crippen LogP contribution in [0.2, 0.25) is 0 Å². The number of aromatic nitrogens is 1. The Labute approximate surface area is 180 Å². The first-order chi connectivity index (χ1) is 12.5. The summed E-state index contributed by atoms with van der Waals surface area (Å²) < 4.78 is 13.1. The number of nitrogens with one attached hydrogen (secondary N) is 3. The van der Waals surface area contributed by atoms with Gasteiger partial charge in [0, 0.05) is 30.1 Å². The maximum absolute atomic E-state index is 13.1. The third-order valence-electron chi connectivity index (χ3n) is 3.54. The molecule has 6 nitrogen and oxygen atoms in total. The van der Waals surface area contributed by atoms with E-state index in [2.05, 4.69) is 32.9 Å². The van der Waals surface area contributed by atoms with E-state index < -0.39 is 5.82 Å². The first kappa shape index (κ1) is 23.3. The number of anilines is 1. The second kappa shape index (κ2) is 11.9. The molecule has 1 amide bonds. The first-order valence-electron chi connectivity index (χ1n) is 8.48. The molecule has 0 saturated heterocycles. The van der Waals surface area contributed by atoms with Crippen molar-refractivity contribution in [3.05, 3.63) is 45.7 Å².